The SMILES string of the molecule is O=C(CC1CCN(c2cc[nH]c3cnc4nccc4c23)CC1)N1CCCC(COc2ccc(F)cc2)C1. The number of pyridine rings is 2. The number of likely N-dealkylation sites (tertiary alicyclic amines) is 1. The van der Waals surface area contributed by atoms with Crippen LogP contribution in [-0.2, 0) is 4.79 Å². The molecule has 37 heavy (non-hydrogen) atoms. The molecule has 7 nitrogen and oxygen atoms in total. The van der Waals surface area contributed by atoms with Crippen LogP contribution in [0.4, 0.5) is 10.1 Å². The molecule has 5 heterocycles. The van der Waals surface area contributed by atoms with Crippen molar-refractivity contribution in [3.05, 3.63) is 60.8 Å². The van der Waals surface area contributed by atoms with E-state index >= 15 is 0 Å². The van der Waals surface area contributed by atoms with Crippen molar-refractivity contribution in [2.45, 2.75) is 32.1 Å². The highest BCUT2D eigenvalue weighted by Gasteiger charge is 2.28. The van der Waals surface area contributed by atoms with Gasteiger partial charge in [-0.2, -0.15) is 0 Å². The van der Waals surface area contributed by atoms with Crippen LogP contribution >= 0.6 is 0 Å². The summed E-state index contributed by atoms with van der Waals surface area (Å²) in [6.45, 7) is 3.99. The third-order valence-corrected chi connectivity index (χ3v) is 7.86. The molecule has 0 bridgehead atoms. The monoisotopic (exact) mass is 501 g/mol. The third kappa shape index (κ3) is 5.10. The van der Waals surface area contributed by atoms with Crippen LogP contribution in [-0.4, -0.2) is 58.5 Å². The van der Waals surface area contributed by atoms with Gasteiger partial charge in [-0.05, 0) is 68.0 Å². The number of hydrogen-bond acceptors (Lipinski definition) is 5. The second kappa shape index (κ2) is 10.4. The van der Waals surface area contributed by atoms with Crippen molar-refractivity contribution in [1.82, 2.24) is 19.9 Å². The van der Waals surface area contributed by atoms with Crippen molar-refractivity contribution in [2.75, 3.05) is 37.7 Å². The molecule has 0 radical (unpaired) electrons. The fourth-order valence-corrected chi connectivity index (χ4v) is 5.83. The molecule has 1 aromatic carbocycles. The fraction of sp³-hybridized carbons (Fsp3) is 0.414. The summed E-state index contributed by atoms with van der Waals surface area (Å²) in [6, 6.07) is 10.3. The van der Waals surface area contributed by atoms with E-state index in [1.165, 1.54) is 23.2 Å². The van der Waals surface area contributed by atoms with E-state index in [2.05, 4.69) is 25.9 Å². The third-order valence-electron chi connectivity index (χ3n) is 7.86. The van der Waals surface area contributed by atoms with E-state index in [0.717, 1.165) is 68.4 Å². The summed E-state index contributed by atoms with van der Waals surface area (Å²) in [4.78, 5) is 29.8. The lowest BCUT2D eigenvalue weighted by atomic mass is 9.91. The number of amides is 1. The molecule has 2 fully saturated rings. The predicted octanol–water partition coefficient (Wildman–Crippen LogP) is 5.17. The Morgan fingerprint density at radius 2 is 1.86 bits per heavy atom. The summed E-state index contributed by atoms with van der Waals surface area (Å²) in [5.41, 5.74) is 2.99. The first kappa shape index (κ1) is 23.7. The standard InChI is InChI=1S/C29H32FN5O2/c30-22-3-5-23(6-4-22)37-19-21-2-1-13-35(18-21)27(36)16-20-9-14-34(15-10-20)26-8-12-31-25-17-33-29-24(28(25)26)7-11-32-29/h3-8,11-12,17,20-21,31H,1-2,9-10,13-16,18-19H2. The van der Waals surface area contributed by atoms with Crippen molar-refractivity contribution in [1.29, 1.82) is 0 Å². The van der Waals surface area contributed by atoms with Gasteiger partial charge in [0, 0.05) is 67.4 Å². The topological polar surface area (TPSA) is 74.4 Å². The second-order valence-electron chi connectivity index (χ2n) is 10.3. The number of nitrogens with zero attached hydrogens (tertiary/aromatic N) is 4. The summed E-state index contributed by atoms with van der Waals surface area (Å²) in [6.07, 6.45) is 10.3. The van der Waals surface area contributed by atoms with Crippen molar-refractivity contribution in [3.63, 3.8) is 0 Å². The molecule has 1 atom stereocenters. The Balaban J connectivity index is 1.03. The molecule has 0 aliphatic carbocycles. The van der Waals surface area contributed by atoms with Gasteiger partial charge < -0.3 is 19.5 Å². The summed E-state index contributed by atoms with van der Waals surface area (Å²) < 4.78 is 19.0. The number of rotatable bonds is 6. The molecule has 2 aliphatic heterocycles. The maximum absolute atomic E-state index is 13.2. The number of ether oxygens (including phenoxy) is 1. The maximum atomic E-state index is 13.2. The van der Waals surface area contributed by atoms with Gasteiger partial charge >= 0.3 is 0 Å². The number of carbonyl (C=O) groups excluding carboxylic acids is 1. The summed E-state index contributed by atoms with van der Waals surface area (Å²) in [7, 11) is 0. The number of aromatic amines is 1. The lowest BCUT2D eigenvalue weighted by molar-refractivity contribution is -0.134. The van der Waals surface area contributed by atoms with Gasteiger partial charge in [-0.25, -0.2) is 14.4 Å². The largest absolute Gasteiger partial charge is 0.493 e. The first-order chi connectivity index (χ1) is 18.1. The Bertz CT molecular complexity index is 1380. The molecular formula is C29H32FN5O2. The van der Waals surface area contributed by atoms with Crippen molar-refractivity contribution < 1.29 is 13.9 Å². The van der Waals surface area contributed by atoms with E-state index in [-0.39, 0.29) is 11.7 Å². The lowest BCUT2D eigenvalue weighted by Crippen LogP contribution is -2.43. The van der Waals surface area contributed by atoms with Crippen molar-refractivity contribution >= 4 is 33.5 Å². The normalized spacial score (nSPS) is 19.0. The Hall–Kier alpha value is -3.68. The molecule has 1 unspecified atom stereocenters. The maximum Gasteiger partial charge on any atom is 0.222 e. The van der Waals surface area contributed by atoms with Crippen LogP contribution < -0.4 is 9.64 Å². The van der Waals surface area contributed by atoms with Crippen LogP contribution in [0.1, 0.15) is 32.1 Å². The zero-order valence-electron chi connectivity index (χ0n) is 20.9. The first-order valence-corrected chi connectivity index (χ1v) is 13.3. The van der Waals surface area contributed by atoms with E-state index in [9.17, 15) is 9.18 Å². The van der Waals surface area contributed by atoms with Gasteiger partial charge in [0.15, 0.2) is 5.65 Å². The fourth-order valence-electron chi connectivity index (χ4n) is 5.83. The molecule has 6 rings (SSSR count). The molecule has 4 aromatic rings. The van der Waals surface area contributed by atoms with Gasteiger partial charge in [0.1, 0.15) is 11.6 Å². The number of hydrogen-bond donors (Lipinski definition) is 1. The van der Waals surface area contributed by atoms with Crippen LogP contribution in [0.2, 0.25) is 0 Å². The van der Waals surface area contributed by atoms with Gasteiger partial charge in [0.05, 0.1) is 18.3 Å². The van der Waals surface area contributed by atoms with E-state index in [1.807, 2.05) is 29.6 Å². The Morgan fingerprint density at radius 1 is 1.03 bits per heavy atom. The molecule has 0 spiro atoms. The van der Waals surface area contributed by atoms with Gasteiger partial charge in [0.2, 0.25) is 5.91 Å². The highest BCUT2D eigenvalue weighted by atomic mass is 19.1. The minimum Gasteiger partial charge on any atom is -0.493 e. The molecule has 2 saturated heterocycles. The number of H-pyrrole nitrogens is 1. The van der Waals surface area contributed by atoms with Crippen molar-refractivity contribution in [2.24, 2.45) is 11.8 Å². The molecular weight excluding hydrogens is 469 g/mol. The molecule has 192 valence electrons. The summed E-state index contributed by atoms with van der Waals surface area (Å²) >= 11 is 0. The van der Waals surface area contributed by atoms with Gasteiger partial charge in [-0.3, -0.25) is 4.79 Å². The summed E-state index contributed by atoms with van der Waals surface area (Å²) in [5, 5.41) is 2.24. The first-order valence-electron chi connectivity index (χ1n) is 13.3. The van der Waals surface area contributed by atoms with Crippen LogP contribution in [0.3, 0.4) is 0 Å². The van der Waals surface area contributed by atoms with E-state index in [4.69, 9.17) is 4.74 Å². The van der Waals surface area contributed by atoms with Crippen LogP contribution in [0.25, 0.3) is 21.9 Å². The number of carbonyl (C=O) groups is 1. The number of piperidine rings is 2. The predicted molar refractivity (Wildman–Crippen MR) is 142 cm³/mol. The number of fused-ring (bicyclic) bond motifs is 3. The zero-order chi connectivity index (χ0) is 25.2. The number of anilines is 1. The van der Waals surface area contributed by atoms with E-state index in [0.29, 0.717) is 30.6 Å². The Kier molecular flexibility index (Phi) is 6.64. The smallest absolute Gasteiger partial charge is 0.222 e. The molecule has 3 aromatic heterocycles. The minimum atomic E-state index is -0.267. The highest BCUT2D eigenvalue weighted by molar-refractivity contribution is 6.09. The lowest BCUT2D eigenvalue weighted by Gasteiger charge is -2.36. The number of aromatic nitrogens is 3. The average Bonchev–Trinajstić information content (AvgIpc) is 3.42. The van der Waals surface area contributed by atoms with Gasteiger partial charge in [-0.15, -0.1) is 0 Å². The molecule has 8 heteroatoms. The average molecular weight is 502 g/mol. The zero-order valence-corrected chi connectivity index (χ0v) is 20.9. The van der Waals surface area contributed by atoms with E-state index in [1.54, 1.807) is 12.1 Å². The highest BCUT2D eigenvalue weighted by Crippen LogP contribution is 2.34. The van der Waals surface area contributed by atoms with Gasteiger partial charge in [-0.1, -0.05) is 0 Å². The van der Waals surface area contributed by atoms with Crippen LogP contribution in [0.5, 0.6) is 5.75 Å². The number of nitrogens with one attached hydrogen (secondary N) is 1. The molecule has 2 aliphatic rings. The number of halogens is 1. The Morgan fingerprint density at radius 3 is 2.70 bits per heavy atom. The van der Waals surface area contributed by atoms with Gasteiger partial charge in [0.25, 0.3) is 0 Å². The Labute approximate surface area is 215 Å². The molecule has 0 saturated carbocycles. The van der Waals surface area contributed by atoms with E-state index < -0.39 is 0 Å². The minimum absolute atomic E-state index is 0.264. The second-order valence-corrected chi connectivity index (χ2v) is 10.3. The van der Waals surface area contributed by atoms with Crippen molar-refractivity contribution in [3.8, 4) is 5.75 Å². The van der Waals surface area contributed by atoms with Crippen LogP contribution in [0, 0.1) is 17.7 Å². The number of benzene rings is 1. The summed E-state index contributed by atoms with van der Waals surface area (Å²) in [5.74, 6) is 1.39. The van der Waals surface area contributed by atoms with Crippen LogP contribution in [0.15, 0.2) is 55.0 Å². The quantitative estimate of drug-likeness (QED) is 0.394. The molecule has 1 N–H and O–H groups in total. The molecule has 1 amide bonds.